The Labute approximate surface area is 181 Å². The highest BCUT2D eigenvalue weighted by Gasteiger charge is 2.16. The lowest BCUT2D eigenvalue weighted by atomic mass is 10.1. The highest BCUT2D eigenvalue weighted by molar-refractivity contribution is 6.07. The van der Waals surface area contributed by atoms with Crippen LogP contribution in [0.25, 0.3) is 6.08 Å². The number of aromatic hydroxyl groups is 1. The van der Waals surface area contributed by atoms with E-state index in [1.165, 1.54) is 46.2 Å². The van der Waals surface area contributed by atoms with Crippen molar-refractivity contribution >= 4 is 24.0 Å². The number of carbonyl (C=O) groups is 3. The van der Waals surface area contributed by atoms with Gasteiger partial charge in [0.05, 0.1) is 0 Å². The van der Waals surface area contributed by atoms with Crippen molar-refractivity contribution in [2.75, 3.05) is 27.2 Å². The van der Waals surface area contributed by atoms with Gasteiger partial charge in [0.25, 0.3) is 0 Å². The van der Waals surface area contributed by atoms with Gasteiger partial charge >= 0.3 is 12.2 Å². The second-order valence-corrected chi connectivity index (χ2v) is 6.75. The maximum absolute atomic E-state index is 12.7. The molecule has 0 spiro atoms. The van der Waals surface area contributed by atoms with Gasteiger partial charge in [-0.1, -0.05) is 18.2 Å². The van der Waals surface area contributed by atoms with Crippen molar-refractivity contribution in [2.24, 2.45) is 0 Å². The van der Waals surface area contributed by atoms with Gasteiger partial charge in [-0.15, -0.1) is 0 Å². The number of amides is 2. The van der Waals surface area contributed by atoms with Crippen molar-refractivity contribution in [1.29, 1.82) is 0 Å². The van der Waals surface area contributed by atoms with Crippen LogP contribution in [0.1, 0.15) is 29.8 Å². The quantitative estimate of drug-likeness (QED) is 0.527. The molecule has 0 atom stereocenters. The molecule has 0 aliphatic heterocycles. The van der Waals surface area contributed by atoms with Gasteiger partial charge in [-0.2, -0.15) is 0 Å². The monoisotopic (exact) mass is 426 g/mol. The molecule has 0 fully saturated rings. The summed E-state index contributed by atoms with van der Waals surface area (Å²) in [6.45, 7) is 4.47. The van der Waals surface area contributed by atoms with Crippen LogP contribution in [0.5, 0.6) is 17.2 Å². The molecular formula is C23H26N2O6. The first-order chi connectivity index (χ1) is 14.7. The molecule has 0 aliphatic carbocycles. The lowest BCUT2D eigenvalue weighted by Crippen LogP contribution is -2.30. The summed E-state index contributed by atoms with van der Waals surface area (Å²) in [5.41, 5.74) is 0.899. The summed E-state index contributed by atoms with van der Waals surface area (Å²) in [6.07, 6.45) is 1.72. The maximum atomic E-state index is 12.7. The minimum Gasteiger partial charge on any atom is -0.508 e. The molecule has 0 unspecified atom stereocenters. The Morgan fingerprint density at radius 1 is 0.871 bits per heavy atom. The van der Waals surface area contributed by atoms with Crippen LogP contribution in [0, 0.1) is 0 Å². The topological polar surface area (TPSA) is 96.4 Å². The van der Waals surface area contributed by atoms with Crippen molar-refractivity contribution in [3.63, 3.8) is 0 Å². The number of phenols is 1. The van der Waals surface area contributed by atoms with Crippen LogP contribution < -0.4 is 9.47 Å². The fraction of sp³-hybridized carbons (Fsp3) is 0.261. The Hall–Kier alpha value is -3.81. The summed E-state index contributed by atoms with van der Waals surface area (Å²) >= 11 is 0. The number of hydrogen-bond acceptors (Lipinski definition) is 6. The third kappa shape index (κ3) is 6.88. The number of carbonyl (C=O) groups excluding carboxylic acids is 3. The fourth-order valence-electron chi connectivity index (χ4n) is 2.30. The van der Waals surface area contributed by atoms with E-state index >= 15 is 0 Å². The summed E-state index contributed by atoms with van der Waals surface area (Å²) < 4.78 is 10.6. The summed E-state index contributed by atoms with van der Waals surface area (Å²) in [6, 6.07) is 10.5. The zero-order valence-electron chi connectivity index (χ0n) is 18.0. The average molecular weight is 426 g/mol. The van der Waals surface area contributed by atoms with Gasteiger partial charge in [0, 0.05) is 38.8 Å². The smallest absolute Gasteiger partial charge is 0.414 e. The van der Waals surface area contributed by atoms with Crippen LogP contribution in [0.3, 0.4) is 0 Å². The molecule has 164 valence electrons. The molecule has 0 saturated heterocycles. The standard InChI is InChI=1S/C23H26N2O6/c1-5-24(3)22(28)30-19-13-17(14-20(15-19)31-23(29)25(4)6-2)21(27)12-9-16-7-10-18(26)11-8-16/h7-15,26H,5-6H2,1-4H3/b12-9+. The molecule has 2 amide bonds. The molecule has 8 heteroatoms. The summed E-state index contributed by atoms with van der Waals surface area (Å²) in [5, 5.41) is 9.35. The van der Waals surface area contributed by atoms with Gasteiger partial charge in [0.15, 0.2) is 5.78 Å². The van der Waals surface area contributed by atoms with Crippen molar-refractivity contribution < 1.29 is 29.0 Å². The van der Waals surface area contributed by atoms with E-state index in [0.717, 1.165) is 5.56 Å². The Bertz CT molecular complexity index is 926. The molecule has 0 bridgehead atoms. The van der Waals surface area contributed by atoms with Gasteiger partial charge in [0.1, 0.15) is 17.2 Å². The number of ketones is 1. The molecule has 2 rings (SSSR count). The lowest BCUT2D eigenvalue weighted by molar-refractivity contribution is 0.104. The zero-order chi connectivity index (χ0) is 23.0. The van der Waals surface area contributed by atoms with Crippen molar-refractivity contribution in [2.45, 2.75) is 13.8 Å². The van der Waals surface area contributed by atoms with Gasteiger partial charge in [-0.3, -0.25) is 4.79 Å². The summed E-state index contributed by atoms with van der Waals surface area (Å²) in [4.78, 5) is 39.7. The number of hydrogen-bond donors (Lipinski definition) is 1. The molecule has 2 aromatic carbocycles. The third-order valence-corrected chi connectivity index (χ3v) is 4.47. The maximum Gasteiger partial charge on any atom is 0.414 e. The van der Waals surface area contributed by atoms with E-state index < -0.39 is 12.2 Å². The van der Waals surface area contributed by atoms with Gasteiger partial charge in [0.2, 0.25) is 0 Å². The van der Waals surface area contributed by atoms with E-state index in [1.54, 1.807) is 46.2 Å². The first-order valence-electron chi connectivity index (χ1n) is 9.75. The first-order valence-corrected chi connectivity index (χ1v) is 9.75. The fourth-order valence-corrected chi connectivity index (χ4v) is 2.30. The second-order valence-electron chi connectivity index (χ2n) is 6.75. The number of phenolic OH excluding ortho intramolecular Hbond substituents is 1. The lowest BCUT2D eigenvalue weighted by Gasteiger charge is -2.17. The van der Waals surface area contributed by atoms with Crippen LogP contribution in [0.2, 0.25) is 0 Å². The van der Waals surface area contributed by atoms with E-state index in [-0.39, 0.29) is 28.6 Å². The summed E-state index contributed by atoms with van der Waals surface area (Å²) in [5.74, 6) is -0.0956. The SMILES string of the molecule is CCN(C)C(=O)Oc1cc(OC(=O)N(C)CC)cc(C(=O)/C=C/c2ccc(O)cc2)c1. The van der Waals surface area contributed by atoms with E-state index in [2.05, 4.69) is 0 Å². The highest BCUT2D eigenvalue weighted by atomic mass is 16.6. The molecule has 0 radical (unpaired) electrons. The number of benzene rings is 2. The van der Waals surface area contributed by atoms with Gasteiger partial charge < -0.3 is 24.4 Å². The molecule has 0 saturated carbocycles. The minimum atomic E-state index is -0.602. The van der Waals surface area contributed by atoms with Crippen LogP contribution >= 0.6 is 0 Å². The number of rotatable bonds is 7. The third-order valence-electron chi connectivity index (χ3n) is 4.47. The molecular weight excluding hydrogens is 400 g/mol. The Morgan fingerprint density at radius 2 is 1.35 bits per heavy atom. The Morgan fingerprint density at radius 3 is 1.81 bits per heavy atom. The van der Waals surface area contributed by atoms with Gasteiger partial charge in [-0.05, 0) is 49.8 Å². The van der Waals surface area contributed by atoms with Crippen molar-refractivity contribution in [1.82, 2.24) is 9.80 Å². The predicted molar refractivity (Wildman–Crippen MR) is 117 cm³/mol. The van der Waals surface area contributed by atoms with Crippen LogP contribution in [0.4, 0.5) is 9.59 Å². The van der Waals surface area contributed by atoms with E-state index in [9.17, 15) is 19.5 Å². The molecule has 0 aliphatic rings. The van der Waals surface area contributed by atoms with E-state index in [0.29, 0.717) is 13.1 Å². The molecule has 1 N–H and O–H groups in total. The Balaban J connectivity index is 2.32. The Kier molecular flexibility index (Phi) is 8.19. The van der Waals surface area contributed by atoms with Crippen LogP contribution in [-0.4, -0.2) is 60.1 Å². The highest BCUT2D eigenvalue weighted by Crippen LogP contribution is 2.25. The zero-order valence-corrected chi connectivity index (χ0v) is 18.0. The van der Waals surface area contributed by atoms with Crippen molar-refractivity contribution in [3.05, 3.63) is 59.7 Å². The normalized spacial score (nSPS) is 10.6. The minimum absolute atomic E-state index is 0.0798. The largest absolute Gasteiger partial charge is 0.508 e. The summed E-state index contributed by atoms with van der Waals surface area (Å²) in [7, 11) is 3.16. The van der Waals surface area contributed by atoms with Gasteiger partial charge in [-0.25, -0.2) is 9.59 Å². The molecule has 8 nitrogen and oxygen atoms in total. The number of nitrogens with zero attached hydrogens (tertiary/aromatic N) is 2. The average Bonchev–Trinajstić information content (AvgIpc) is 2.76. The molecule has 0 aromatic heterocycles. The number of ether oxygens (including phenoxy) is 2. The first kappa shape index (κ1) is 23.5. The van der Waals surface area contributed by atoms with E-state index in [4.69, 9.17) is 9.47 Å². The van der Waals surface area contributed by atoms with Crippen LogP contribution in [0.15, 0.2) is 48.5 Å². The molecule has 31 heavy (non-hydrogen) atoms. The molecule has 2 aromatic rings. The number of allylic oxidation sites excluding steroid dienone is 1. The molecule has 0 heterocycles. The second kappa shape index (κ2) is 10.8. The predicted octanol–water partition coefficient (Wildman–Crippen LogP) is 4.19. The van der Waals surface area contributed by atoms with Crippen molar-refractivity contribution in [3.8, 4) is 17.2 Å². The van der Waals surface area contributed by atoms with Crippen LogP contribution in [-0.2, 0) is 0 Å². The van der Waals surface area contributed by atoms with E-state index in [1.807, 2.05) is 0 Å².